The van der Waals surface area contributed by atoms with Gasteiger partial charge in [-0.05, 0) is 44.4 Å². The van der Waals surface area contributed by atoms with Crippen LogP contribution in [-0.4, -0.2) is 9.97 Å². The Hall–Kier alpha value is -0.790. The van der Waals surface area contributed by atoms with Gasteiger partial charge in [0.1, 0.15) is 5.82 Å². The molecular formula is C16H26N2. The number of aryl methyl sites for hydroxylation is 1. The van der Waals surface area contributed by atoms with E-state index >= 15 is 0 Å². The molecular weight excluding hydrogens is 220 g/mol. The Morgan fingerprint density at radius 1 is 1.28 bits per heavy atom. The number of fused-ring (bicyclic) bond motifs is 1. The topological polar surface area (TPSA) is 28.7 Å². The Balaban J connectivity index is 1.89. The molecule has 1 fully saturated rings. The Bertz CT molecular complexity index is 413. The van der Waals surface area contributed by atoms with Crippen LogP contribution in [-0.2, 0) is 18.3 Å². The molecule has 1 saturated carbocycles. The van der Waals surface area contributed by atoms with Gasteiger partial charge in [0.05, 0.1) is 5.69 Å². The van der Waals surface area contributed by atoms with Crippen LogP contribution in [0.3, 0.4) is 0 Å². The summed E-state index contributed by atoms with van der Waals surface area (Å²) in [5, 5.41) is 0. The molecule has 1 N–H and O–H groups in total. The minimum absolute atomic E-state index is 0.388. The molecule has 1 atom stereocenters. The van der Waals surface area contributed by atoms with Crippen LogP contribution in [0.4, 0.5) is 0 Å². The first-order chi connectivity index (χ1) is 8.77. The predicted molar refractivity (Wildman–Crippen MR) is 74.8 cm³/mol. The smallest absolute Gasteiger partial charge is 0.112 e. The maximum Gasteiger partial charge on any atom is 0.112 e. The quantitative estimate of drug-likeness (QED) is 0.853. The summed E-state index contributed by atoms with van der Waals surface area (Å²) in [6, 6.07) is 0. The standard InChI is InChI=1S/C16H26N2/c1-3-12-7-8-13-14(11-12)18-15(17-13)16(4-2)9-5-6-10-16/h12H,3-11H2,1-2H3,(H,17,18). The van der Waals surface area contributed by atoms with Crippen molar-refractivity contribution in [3.05, 3.63) is 17.2 Å². The molecule has 100 valence electrons. The molecule has 1 aromatic rings. The molecule has 2 heteroatoms. The lowest BCUT2D eigenvalue weighted by molar-refractivity contribution is 0.401. The number of nitrogens with one attached hydrogen (secondary N) is 1. The van der Waals surface area contributed by atoms with Crippen LogP contribution in [0.2, 0.25) is 0 Å². The van der Waals surface area contributed by atoms with Gasteiger partial charge in [-0.2, -0.15) is 0 Å². The number of H-pyrrole nitrogens is 1. The van der Waals surface area contributed by atoms with E-state index in [4.69, 9.17) is 4.98 Å². The van der Waals surface area contributed by atoms with E-state index in [9.17, 15) is 0 Å². The summed E-state index contributed by atoms with van der Waals surface area (Å²) in [5.74, 6) is 2.20. The molecule has 1 unspecified atom stereocenters. The van der Waals surface area contributed by atoms with E-state index in [-0.39, 0.29) is 0 Å². The summed E-state index contributed by atoms with van der Waals surface area (Å²) in [6.07, 6.45) is 11.8. The minimum Gasteiger partial charge on any atom is -0.345 e. The highest BCUT2D eigenvalue weighted by Gasteiger charge is 2.37. The predicted octanol–water partition coefficient (Wildman–Crippen LogP) is 4.15. The van der Waals surface area contributed by atoms with Crippen molar-refractivity contribution in [3.63, 3.8) is 0 Å². The summed E-state index contributed by atoms with van der Waals surface area (Å²) in [7, 11) is 0. The fourth-order valence-electron chi connectivity index (χ4n) is 3.96. The van der Waals surface area contributed by atoms with Crippen molar-refractivity contribution in [2.24, 2.45) is 5.92 Å². The highest BCUT2D eigenvalue weighted by molar-refractivity contribution is 5.23. The Morgan fingerprint density at radius 2 is 2.06 bits per heavy atom. The minimum atomic E-state index is 0.388. The van der Waals surface area contributed by atoms with Gasteiger partial charge in [-0.15, -0.1) is 0 Å². The van der Waals surface area contributed by atoms with Crippen molar-refractivity contribution >= 4 is 0 Å². The third kappa shape index (κ3) is 1.90. The molecule has 1 heterocycles. The zero-order valence-corrected chi connectivity index (χ0v) is 11.9. The molecule has 2 aliphatic rings. The number of rotatable bonds is 3. The zero-order chi connectivity index (χ0) is 12.6. The number of nitrogens with zero attached hydrogens (tertiary/aromatic N) is 1. The number of hydrogen-bond donors (Lipinski definition) is 1. The van der Waals surface area contributed by atoms with E-state index < -0.39 is 0 Å². The monoisotopic (exact) mass is 246 g/mol. The first kappa shape index (κ1) is 12.3. The molecule has 3 rings (SSSR count). The number of hydrogen-bond acceptors (Lipinski definition) is 1. The average molecular weight is 246 g/mol. The third-order valence-corrected chi connectivity index (χ3v) is 5.46. The fraction of sp³-hybridized carbons (Fsp3) is 0.812. The van der Waals surface area contributed by atoms with E-state index in [1.54, 1.807) is 0 Å². The van der Waals surface area contributed by atoms with Gasteiger partial charge >= 0.3 is 0 Å². The fourth-order valence-corrected chi connectivity index (χ4v) is 3.96. The van der Waals surface area contributed by atoms with Crippen molar-refractivity contribution in [3.8, 4) is 0 Å². The normalized spacial score (nSPS) is 26.2. The molecule has 0 saturated heterocycles. The second-order valence-corrected chi connectivity index (χ2v) is 6.37. The third-order valence-electron chi connectivity index (χ3n) is 5.46. The summed E-state index contributed by atoms with van der Waals surface area (Å²) >= 11 is 0. The van der Waals surface area contributed by atoms with E-state index in [0.717, 1.165) is 5.92 Å². The lowest BCUT2D eigenvalue weighted by Crippen LogP contribution is -2.22. The highest BCUT2D eigenvalue weighted by Crippen LogP contribution is 2.43. The largest absolute Gasteiger partial charge is 0.345 e. The van der Waals surface area contributed by atoms with Gasteiger partial charge in [0.25, 0.3) is 0 Å². The van der Waals surface area contributed by atoms with E-state index in [1.807, 2.05) is 0 Å². The van der Waals surface area contributed by atoms with Crippen LogP contribution in [0, 0.1) is 5.92 Å². The van der Waals surface area contributed by atoms with Crippen molar-refractivity contribution < 1.29 is 0 Å². The number of aromatic nitrogens is 2. The zero-order valence-electron chi connectivity index (χ0n) is 11.9. The van der Waals surface area contributed by atoms with Gasteiger partial charge in [0.2, 0.25) is 0 Å². The van der Waals surface area contributed by atoms with Crippen LogP contribution in [0.25, 0.3) is 0 Å². The number of imidazole rings is 1. The van der Waals surface area contributed by atoms with Gasteiger partial charge in [-0.25, -0.2) is 4.98 Å². The first-order valence-electron chi connectivity index (χ1n) is 7.85. The van der Waals surface area contributed by atoms with Crippen LogP contribution in [0.1, 0.15) is 76.0 Å². The summed E-state index contributed by atoms with van der Waals surface area (Å²) in [4.78, 5) is 8.71. The lowest BCUT2D eigenvalue weighted by Gasteiger charge is -2.24. The Morgan fingerprint density at radius 3 is 2.72 bits per heavy atom. The maximum absolute atomic E-state index is 4.99. The summed E-state index contributed by atoms with van der Waals surface area (Å²) in [5.41, 5.74) is 3.23. The molecule has 0 bridgehead atoms. The molecule has 0 aliphatic heterocycles. The van der Waals surface area contributed by atoms with Gasteiger partial charge in [0, 0.05) is 11.1 Å². The van der Waals surface area contributed by atoms with Crippen LogP contribution >= 0.6 is 0 Å². The van der Waals surface area contributed by atoms with Gasteiger partial charge in [0.15, 0.2) is 0 Å². The van der Waals surface area contributed by atoms with E-state index in [0.29, 0.717) is 5.41 Å². The molecule has 2 aliphatic carbocycles. The van der Waals surface area contributed by atoms with Crippen molar-refractivity contribution in [1.29, 1.82) is 0 Å². The molecule has 0 aromatic carbocycles. The second-order valence-electron chi connectivity index (χ2n) is 6.37. The molecule has 1 aromatic heterocycles. The van der Waals surface area contributed by atoms with E-state index in [1.165, 1.54) is 75.0 Å². The van der Waals surface area contributed by atoms with Gasteiger partial charge in [-0.1, -0.05) is 33.1 Å². The summed E-state index contributed by atoms with van der Waals surface area (Å²) < 4.78 is 0. The van der Waals surface area contributed by atoms with E-state index in [2.05, 4.69) is 18.8 Å². The Labute approximate surface area is 111 Å². The maximum atomic E-state index is 4.99. The van der Waals surface area contributed by atoms with Crippen LogP contribution in [0.5, 0.6) is 0 Å². The molecule has 0 radical (unpaired) electrons. The Kier molecular flexibility index (Phi) is 3.21. The van der Waals surface area contributed by atoms with Crippen LogP contribution in [0.15, 0.2) is 0 Å². The molecule has 2 nitrogen and oxygen atoms in total. The first-order valence-corrected chi connectivity index (χ1v) is 7.85. The number of aromatic amines is 1. The lowest BCUT2D eigenvalue weighted by atomic mass is 9.83. The van der Waals surface area contributed by atoms with Gasteiger partial charge < -0.3 is 4.98 Å². The van der Waals surface area contributed by atoms with Crippen molar-refractivity contribution in [1.82, 2.24) is 9.97 Å². The SMILES string of the molecule is CCC1CCc2nc(C3(CC)CCCC3)[nH]c2C1. The second kappa shape index (κ2) is 4.71. The van der Waals surface area contributed by atoms with Gasteiger partial charge in [-0.3, -0.25) is 0 Å². The molecule has 0 amide bonds. The summed E-state index contributed by atoms with van der Waals surface area (Å²) in [6.45, 7) is 4.65. The van der Waals surface area contributed by atoms with Crippen molar-refractivity contribution in [2.45, 2.75) is 77.0 Å². The molecule has 18 heavy (non-hydrogen) atoms. The highest BCUT2D eigenvalue weighted by atomic mass is 15.0. The van der Waals surface area contributed by atoms with Crippen molar-refractivity contribution in [2.75, 3.05) is 0 Å². The van der Waals surface area contributed by atoms with Crippen LogP contribution < -0.4 is 0 Å². The molecule has 0 spiro atoms. The average Bonchev–Trinajstić information content (AvgIpc) is 3.04.